The number of hydrogen-bond donors (Lipinski definition) is 1. The van der Waals surface area contributed by atoms with E-state index in [1.165, 1.54) is 66.4 Å². The average Bonchev–Trinajstić information content (AvgIpc) is 3.02. The van der Waals surface area contributed by atoms with Crippen LogP contribution in [0.3, 0.4) is 0 Å². The van der Waals surface area contributed by atoms with Crippen LogP contribution in [0.1, 0.15) is 43.2 Å². The third-order valence-electron chi connectivity index (χ3n) is 5.70. The van der Waals surface area contributed by atoms with Gasteiger partial charge in [0.05, 0.1) is 12.1 Å². The fourth-order valence-corrected chi connectivity index (χ4v) is 4.23. The molecule has 0 spiro atoms. The van der Waals surface area contributed by atoms with Gasteiger partial charge in [0, 0.05) is 28.8 Å². The molecule has 0 bridgehead atoms. The predicted molar refractivity (Wildman–Crippen MR) is 105 cm³/mol. The van der Waals surface area contributed by atoms with Crippen molar-refractivity contribution in [3.05, 3.63) is 65.9 Å². The number of fused-ring (bicyclic) bond motifs is 1. The number of quaternary nitrogens is 1. The van der Waals surface area contributed by atoms with Crippen molar-refractivity contribution in [1.29, 1.82) is 0 Å². The maximum absolute atomic E-state index is 2.53. The summed E-state index contributed by atoms with van der Waals surface area (Å²) >= 11 is 0. The highest BCUT2D eigenvalue weighted by Gasteiger charge is 2.16. The summed E-state index contributed by atoms with van der Waals surface area (Å²) in [7, 11) is 0. The number of benzene rings is 2. The van der Waals surface area contributed by atoms with Gasteiger partial charge in [0.2, 0.25) is 0 Å². The van der Waals surface area contributed by atoms with Crippen LogP contribution in [0.25, 0.3) is 16.6 Å². The molecule has 0 saturated heterocycles. The number of nitrogens with zero attached hydrogens (tertiary/aromatic N) is 1. The smallest absolute Gasteiger partial charge is 0.103 e. The molecule has 3 aromatic rings. The fourth-order valence-electron chi connectivity index (χ4n) is 4.23. The molecular formula is C23H29N2+. The molecule has 0 amide bonds. The zero-order valence-electron chi connectivity index (χ0n) is 15.2. The van der Waals surface area contributed by atoms with E-state index in [-0.39, 0.29) is 0 Å². The largest absolute Gasteiger partial charge is 0.342 e. The molecule has 25 heavy (non-hydrogen) atoms. The number of aryl methyl sites for hydroxylation is 1. The van der Waals surface area contributed by atoms with E-state index in [4.69, 9.17) is 0 Å². The Morgan fingerprint density at radius 1 is 0.960 bits per heavy atom. The van der Waals surface area contributed by atoms with Crippen LogP contribution in [0.5, 0.6) is 0 Å². The summed E-state index contributed by atoms with van der Waals surface area (Å²) in [5.41, 5.74) is 5.32. The summed E-state index contributed by atoms with van der Waals surface area (Å²) in [5.74, 6) is 0.930. The maximum Gasteiger partial charge on any atom is 0.103 e. The topological polar surface area (TPSA) is 21.5 Å². The highest BCUT2D eigenvalue weighted by atomic mass is 15.0. The lowest BCUT2D eigenvalue weighted by Crippen LogP contribution is -2.84. The van der Waals surface area contributed by atoms with Gasteiger partial charge in [-0.05, 0) is 38.0 Å². The van der Waals surface area contributed by atoms with Gasteiger partial charge in [-0.15, -0.1) is 0 Å². The first-order valence-corrected chi connectivity index (χ1v) is 9.79. The van der Waals surface area contributed by atoms with Crippen LogP contribution in [0.2, 0.25) is 0 Å². The quantitative estimate of drug-likeness (QED) is 0.706. The van der Waals surface area contributed by atoms with E-state index in [9.17, 15) is 0 Å². The van der Waals surface area contributed by atoms with Crippen molar-refractivity contribution in [2.75, 3.05) is 6.54 Å². The van der Waals surface area contributed by atoms with Crippen molar-refractivity contribution < 1.29 is 5.32 Å². The predicted octanol–water partition coefficient (Wildman–Crippen LogP) is 4.58. The van der Waals surface area contributed by atoms with Crippen LogP contribution in [0, 0.1) is 12.8 Å². The zero-order chi connectivity index (χ0) is 17.1. The lowest BCUT2D eigenvalue weighted by molar-refractivity contribution is -0.676. The molecule has 0 unspecified atom stereocenters. The van der Waals surface area contributed by atoms with E-state index in [1.807, 2.05) is 0 Å². The van der Waals surface area contributed by atoms with E-state index in [1.54, 1.807) is 0 Å². The van der Waals surface area contributed by atoms with Gasteiger partial charge in [-0.2, -0.15) is 0 Å². The third kappa shape index (κ3) is 3.64. The van der Waals surface area contributed by atoms with E-state index in [2.05, 4.69) is 71.5 Å². The van der Waals surface area contributed by atoms with Gasteiger partial charge < -0.3 is 9.88 Å². The second-order valence-electron chi connectivity index (χ2n) is 7.61. The monoisotopic (exact) mass is 333 g/mol. The van der Waals surface area contributed by atoms with Crippen LogP contribution in [-0.4, -0.2) is 11.1 Å². The van der Waals surface area contributed by atoms with Gasteiger partial charge in [-0.1, -0.05) is 55.2 Å². The minimum absolute atomic E-state index is 0.930. The summed E-state index contributed by atoms with van der Waals surface area (Å²) in [6.45, 7) is 4.50. The van der Waals surface area contributed by atoms with Gasteiger partial charge >= 0.3 is 0 Å². The molecule has 1 aliphatic rings. The molecule has 1 aliphatic carbocycles. The molecule has 130 valence electrons. The van der Waals surface area contributed by atoms with Crippen LogP contribution in [0.4, 0.5) is 0 Å². The van der Waals surface area contributed by atoms with Crippen LogP contribution >= 0.6 is 0 Å². The number of aromatic nitrogens is 1. The van der Waals surface area contributed by atoms with Crippen molar-refractivity contribution in [3.8, 4) is 5.69 Å². The Hall–Kier alpha value is -2.06. The molecular weight excluding hydrogens is 304 g/mol. The Morgan fingerprint density at radius 2 is 1.72 bits per heavy atom. The van der Waals surface area contributed by atoms with E-state index in [0.29, 0.717) is 0 Å². The Labute approximate surface area is 150 Å². The van der Waals surface area contributed by atoms with Crippen LogP contribution in [0.15, 0.2) is 54.7 Å². The minimum Gasteiger partial charge on any atom is -0.342 e. The molecule has 0 atom stereocenters. The Bertz CT molecular complexity index is 823. The fraction of sp³-hybridized carbons (Fsp3) is 0.391. The van der Waals surface area contributed by atoms with E-state index < -0.39 is 0 Å². The minimum atomic E-state index is 0.930. The molecule has 2 heteroatoms. The molecule has 2 N–H and O–H groups in total. The van der Waals surface area contributed by atoms with Gasteiger partial charge in [-0.3, -0.25) is 0 Å². The molecule has 1 heterocycles. The SMILES string of the molecule is Cc1ccc(-n2cc(C[NH2+]CC3CCCCC3)c3ccccc32)cc1. The molecule has 0 aliphatic heterocycles. The van der Waals surface area contributed by atoms with Crippen molar-refractivity contribution in [1.82, 2.24) is 4.57 Å². The number of rotatable bonds is 5. The first kappa shape index (κ1) is 16.4. The second-order valence-corrected chi connectivity index (χ2v) is 7.61. The van der Waals surface area contributed by atoms with Crippen molar-refractivity contribution >= 4 is 10.9 Å². The average molecular weight is 333 g/mol. The Kier molecular flexibility index (Phi) is 4.89. The van der Waals surface area contributed by atoms with Crippen molar-refractivity contribution in [3.63, 3.8) is 0 Å². The summed E-state index contributed by atoms with van der Waals surface area (Å²) in [6, 6.07) is 17.6. The van der Waals surface area contributed by atoms with Gasteiger partial charge in [-0.25, -0.2) is 0 Å². The zero-order valence-corrected chi connectivity index (χ0v) is 15.2. The Morgan fingerprint density at radius 3 is 2.52 bits per heavy atom. The van der Waals surface area contributed by atoms with E-state index in [0.717, 1.165) is 12.5 Å². The lowest BCUT2D eigenvalue weighted by Gasteiger charge is -2.19. The van der Waals surface area contributed by atoms with Crippen molar-refractivity contribution in [2.24, 2.45) is 5.92 Å². The van der Waals surface area contributed by atoms with Crippen LogP contribution in [-0.2, 0) is 6.54 Å². The summed E-state index contributed by atoms with van der Waals surface area (Å²) in [4.78, 5) is 0. The Balaban J connectivity index is 1.55. The lowest BCUT2D eigenvalue weighted by atomic mass is 9.89. The van der Waals surface area contributed by atoms with Gasteiger partial charge in [0.15, 0.2) is 0 Å². The van der Waals surface area contributed by atoms with Crippen LogP contribution < -0.4 is 5.32 Å². The van der Waals surface area contributed by atoms with Gasteiger partial charge in [0.25, 0.3) is 0 Å². The van der Waals surface area contributed by atoms with Crippen molar-refractivity contribution in [2.45, 2.75) is 45.6 Å². The highest BCUT2D eigenvalue weighted by molar-refractivity contribution is 5.85. The molecule has 2 nitrogen and oxygen atoms in total. The standard InChI is InChI=1S/C23H28N2/c1-18-11-13-21(14-12-18)25-17-20(22-9-5-6-10-23(22)25)16-24-15-19-7-3-2-4-8-19/h5-6,9-14,17,19,24H,2-4,7-8,15-16H2,1H3/p+1. The second kappa shape index (κ2) is 7.45. The summed E-state index contributed by atoms with van der Waals surface area (Å²) < 4.78 is 2.35. The summed E-state index contributed by atoms with van der Waals surface area (Å²) in [5, 5.41) is 3.92. The maximum atomic E-state index is 2.53. The molecule has 4 rings (SSSR count). The highest BCUT2D eigenvalue weighted by Crippen LogP contribution is 2.25. The third-order valence-corrected chi connectivity index (χ3v) is 5.70. The number of para-hydroxylation sites is 1. The first-order valence-electron chi connectivity index (χ1n) is 9.79. The number of nitrogens with two attached hydrogens (primary N) is 1. The summed E-state index contributed by atoms with van der Waals surface area (Å²) in [6.07, 6.45) is 9.52. The molecule has 0 radical (unpaired) electrons. The first-order chi connectivity index (χ1) is 12.3. The molecule has 1 saturated carbocycles. The molecule has 2 aromatic carbocycles. The number of hydrogen-bond acceptors (Lipinski definition) is 0. The van der Waals surface area contributed by atoms with Gasteiger partial charge in [0.1, 0.15) is 6.54 Å². The van der Waals surface area contributed by atoms with E-state index >= 15 is 0 Å². The normalized spacial score (nSPS) is 15.7. The molecule has 1 aromatic heterocycles. The molecule has 1 fully saturated rings.